The van der Waals surface area contributed by atoms with Crippen LogP contribution >= 0.6 is 0 Å². The second-order valence-corrected chi connectivity index (χ2v) is 4.99. The van der Waals surface area contributed by atoms with Crippen molar-refractivity contribution < 1.29 is 0 Å². The maximum atomic E-state index is 5.84. The molecule has 0 amide bonds. The molecule has 2 nitrogen and oxygen atoms in total. The van der Waals surface area contributed by atoms with Crippen molar-refractivity contribution in [2.45, 2.75) is 70.4 Å². The minimum absolute atomic E-state index is 0.203. The van der Waals surface area contributed by atoms with E-state index in [1.54, 1.807) is 0 Å². The summed E-state index contributed by atoms with van der Waals surface area (Å²) in [6.07, 6.45) is 9.30. The Morgan fingerprint density at radius 3 is 2.50 bits per heavy atom. The van der Waals surface area contributed by atoms with E-state index in [-0.39, 0.29) is 5.54 Å². The zero-order chi connectivity index (χ0) is 10.4. The third-order valence-corrected chi connectivity index (χ3v) is 3.16. The molecular weight excluding hydrogens is 172 g/mol. The Kier molecular flexibility index (Phi) is 4.90. The highest BCUT2D eigenvalue weighted by molar-refractivity contribution is 4.93. The number of nitrogens with two attached hydrogens (primary N) is 1. The molecule has 2 heteroatoms. The van der Waals surface area contributed by atoms with Crippen LogP contribution in [-0.2, 0) is 0 Å². The summed E-state index contributed by atoms with van der Waals surface area (Å²) >= 11 is 0. The monoisotopic (exact) mass is 198 g/mol. The first kappa shape index (κ1) is 12.0. The highest BCUT2D eigenvalue weighted by Crippen LogP contribution is 2.24. The Balaban J connectivity index is 2.14. The van der Waals surface area contributed by atoms with Crippen LogP contribution in [0.5, 0.6) is 0 Å². The molecule has 0 saturated heterocycles. The van der Waals surface area contributed by atoms with Gasteiger partial charge >= 0.3 is 0 Å². The largest absolute Gasteiger partial charge is 0.329 e. The lowest BCUT2D eigenvalue weighted by molar-refractivity contribution is 0.323. The van der Waals surface area contributed by atoms with Gasteiger partial charge in [-0.3, -0.25) is 0 Å². The van der Waals surface area contributed by atoms with Gasteiger partial charge in [0.05, 0.1) is 0 Å². The second kappa shape index (κ2) is 5.72. The van der Waals surface area contributed by atoms with Crippen molar-refractivity contribution in [2.24, 2.45) is 5.73 Å². The van der Waals surface area contributed by atoms with Crippen LogP contribution in [0.2, 0.25) is 0 Å². The van der Waals surface area contributed by atoms with E-state index in [0.717, 1.165) is 12.6 Å². The molecule has 0 aromatic heterocycles. The molecule has 1 aliphatic carbocycles. The first-order chi connectivity index (χ1) is 6.70. The lowest BCUT2D eigenvalue weighted by Gasteiger charge is -2.29. The second-order valence-electron chi connectivity index (χ2n) is 4.99. The predicted octanol–water partition coefficient (Wildman–Crippen LogP) is 2.43. The number of hydrogen-bond donors (Lipinski definition) is 2. The zero-order valence-corrected chi connectivity index (χ0v) is 9.81. The Labute approximate surface area is 88.6 Å². The van der Waals surface area contributed by atoms with Gasteiger partial charge < -0.3 is 11.1 Å². The SMILES string of the molecule is CCCCCCC(C)(CN)NC1CC1. The fourth-order valence-corrected chi connectivity index (χ4v) is 1.90. The first-order valence-electron chi connectivity index (χ1n) is 6.18. The maximum absolute atomic E-state index is 5.84. The summed E-state index contributed by atoms with van der Waals surface area (Å²) in [5.74, 6) is 0. The minimum atomic E-state index is 0.203. The van der Waals surface area contributed by atoms with E-state index in [4.69, 9.17) is 5.73 Å². The fraction of sp³-hybridized carbons (Fsp3) is 1.00. The van der Waals surface area contributed by atoms with Crippen molar-refractivity contribution in [1.29, 1.82) is 0 Å². The van der Waals surface area contributed by atoms with Gasteiger partial charge in [0.15, 0.2) is 0 Å². The normalized spacial score (nSPS) is 20.8. The van der Waals surface area contributed by atoms with E-state index in [9.17, 15) is 0 Å². The van der Waals surface area contributed by atoms with Gasteiger partial charge in [0, 0.05) is 18.1 Å². The molecular formula is C12H26N2. The summed E-state index contributed by atoms with van der Waals surface area (Å²) in [6.45, 7) is 5.30. The Hall–Kier alpha value is -0.0800. The quantitative estimate of drug-likeness (QED) is 0.588. The number of nitrogens with one attached hydrogen (secondary N) is 1. The molecule has 0 radical (unpaired) electrons. The van der Waals surface area contributed by atoms with Crippen LogP contribution < -0.4 is 11.1 Å². The molecule has 0 heterocycles. The topological polar surface area (TPSA) is 38.0 Å². The van der Waals surface area contributed by atoms with Crippen LogP contribution in [-0.4, -0.2) is 18.1 Å². The van der Waals surface area contributed by atoms with Crippen molar-refractivity contribution in [3.63, 3.8) is 0 Å². The van der Waals surface area contributed by atoms with Crippen LogP contribution in [0.1, 0.15) is 58.8 Å². The highest BCUT2D eigenvalue weighted by atomic mass is 15.0. The molecule has 1 saturated carbocycles. The van der Waals surface area contributed by atoms with Crippen molar-refractivity contribution in [3.05, 3.63) is 0 Å². The van der Waals surface area contributed by atoms with Gasteiger partial charge in [-0.1, -0.05) is 32.6 Å². The first-order valence-corrected chi connectivity index (χ1v) is 6.18. The summed E-state index contributed by atoms with van der Waals surface area (Å²) in [5, 5.41) is 3.67. The van der Waals surface area contributed by atoms with Crippen LogP contribution in [0, 0.1) is 0 Å². The Bertz CT molecular complexity index is 154. The van der Waals surface area contributed by atoms with E-state index in [1.165, 1.54) is 44.9 Å². The van der Waals surface area contributed by atoms with Gasteiger partial charge in [0.2, 0.25) is 0 Å². The molecule has 1 aliphatic rings. The minimum Gasteiger partial charge on any atom is -0.329 e. The zero-order valence-electron chi connectivity index (χ0n) is 9.81. The van der Waals surface area contributed by atoms with Gasteiger partial charge in [-0.2, -0.15) is 0 Å². The standard InChI is InChI=1S/C12H26N2/c1-3-4-5-6-9-12(2,10-13)14-11-7-8-11/h11,14H,3-10,13H2,1-2H3. The van der Waals surface area contributed by atoms with Gasteiger partial charge in [0.25, 0.3) is 0 Å². The summed E-state index contributed by atoms with van der Waals surface area (Å²) in [4.78, 5) is 0. The molecule has 0 spiro atoms. The van der Waals surface area contributed by atoms with Crippen molar-refractivity contribution in [1.82, 2.24) is 5.32 Å². The van der Waals surface area contributed by atoms with E-state index >= 15 is 0 Å². The third-order valence-electron chi connectivity index (χ3n) is 3.16. The van der Waals surface area contributed by atoms with Crippen molar-refractivity contribution in [3.8, 4) is 0 Å². The fourth-order valence-electron chi connectivity index (χ4n) is 1.90. The highest BCUT2D eigenvalue weighted by Gasteiger charge is 2.30. The Morgan fingerprint density at radius 2 is 2.00 bits per heavy atom. The summed E-state index contributed by atoms with van der Waals surface area (Å²) in [6, 6.07) is 0.773. The molecule has 1 atom stereocenters. The van der Waals surface area contributed by atoms with Crippen molar-refractivity contribution in [2.75, 3.05) is 6.54 Å². The molecule has 0 aliphatic heterocycles. The molecule has 0 bridgehead atoms. The molecule has 1 fully saturated rings. The van der Waals surface area contributed by atoms with E-state index in [2.05, 4.69) is 19.2 Å². The molecule has 1 rings (SSSR count). The molecule has 84 valence electrons. The lowest BCUT2D eigenvalue weighted by atomic mass is 9.94. The van der Waals surface area contributed by atoms with Gasteiger partial charge in [0.1, 0.15) is 0 Å². The molecule has 14 heavy (non-hydrogen) atoms. The van der Waals surface area contributed by atoms with Crippen molar-refractivity contribution >= 4 is 0 Å². The van der Waals surface area contributed by atoms with Crippen LogP contribution in [0.3, 0.4) is 0 Å². The number of hydrogen-bond acceptors (Lipinski definition) is 2. The van der Waals surface area contributed by atoms with E-state index in [1.807, 2.05) is 0 Å². The third kappa shape index (κ3) is 4.43. The average molecular weight is 198 g/mol. The van der Waals surface area contributed by atoms with Crippen LogP contribution in [0.4, 0.5) is 0 Å². The summed E-state index contributed by atoms with van der Waals surface area (Å²) < 4.78 is 0. The summed E-state index contributed by atoms with van der Waals surface area (Å²) in [7, 11) is 0. The maximum Gasteiger partial charge on any atom is 0.0278 e. The van der Waals surface area contributed by atoms with Crippen LogP contribution in [0.25, 0.3) is 0 Å². The van der Waals surface area contributed by atoms with Gasteiger partial charge in [-0.15, -0.1) is 0 Å². The smallest absolute Gasteiger partial charge is 0.0278 e. The average Bonchev–Trinajstić information content (AvgIpc) is 2.96. The molecule has 0 aromatic rings. The van der Waals surface area contributed by atoms with Gasteiger partial charge in [-0.25, -0.2) is 0 Å². The lowest BCUT2D eigenvalue weighted by Crippen LogP contribution is -2.49. The van der Waals surface area contributed by atoms with E-state index in [0.29, 0.717) is 0 Å². The Morgan fingerprint density at radius 1 is 1.29 bits per heavy atom. The van der Waals surface area contributed by atoms with Crippen LogP contribution in [0.15, 0.2) is 0 Å². The number of unbranched alkanes of at least 4 members (excludes halogenated alkanes) is 3. The van der Waals surface area contributed by atoms with E-state index < -0.39 is 0 Å². The molecule has 1 unspecified atom stereocenters. The number of rotatable bonds is 8. The molecule has 3 N–H and O–H groups in total. The predicted molar refractivity (Wildman–Crippen MR) is 62.4 cm³/mol. The van der Waals surface area contributed by atoms with Gasteiger partial charge in [-0.05, 0) is 26.2 Å². The summed E-state index contributed by atoms with van der Waals surface area (Å²) in [5.41, 5.74) is 6.04. The molecule has 0 aromatic carbocycles.